The zero-order valence-corrected chi connectivity index (χ0v) is 12.2. The Morgan fingerprint density at radius 3 is 2.41 bits per heavy atom. The summed E-state index contributed by atoms with van der Waals surface area (Å²) in [6.07, 6.45) is 1.13. The smallest absolute Gasteiger partial charge is 0.172 e. The summed E-state index contributed by atoms with van der Waals surface area (Å²) in [4.78, 5) is 11.2. The third kappa shape index (κ3) is 2.89. The summed E-state index contributed by atoms with van der Waals surface area (Å²) in [5, 5.41) is 8.50. The molecule has 2 aromatic carbocycles. The summed E-state index contributed by atoms with van der Waals surface area (Å²) in [7, 11) is 0. The summed E-state index contributed by atoms with van der Waals surface area (Å²) in [6, 6.07) is 13.2. The maximum Gasteiger partial charge on any atom is 0.172 e. The van der Waals surface area contributed by atoms with Crippen LogP contribution in [0.2, 0.25) is 5.02 Å². The maximum absolute atomic E-state index is 13.0. The first kappa shape index (κ1) is 14.4. The van der Waals surface area contributed by atoms with E-state index < -0.39 is 0 Å². The summed E-state index contributed by atoms with van der Waals surface area (Å²) >= 11 is 5.87. The first-order valence-corrected chi connectivity index (χ1v) is 6.95. The van der Waals surface area contributed by atoms with Gasteiger partial charge in [0.05, 0.1) is 11.4 Å². The van der Waals surface area contributed by atoms with Gasteiger partial charge in [-0.1, -0.05) is 28.9 Å². The van der Waals surface area contributed by atoms with Gasteiger partial charge in [0.15, 0.2) is 6.29 Å². The van der Waals surface area contributed by atoms with E-state index >= 15 is 0 Å². The van der Waals surface area contributed by atoms with Crippen molar-refractivity contribution >= 4 is 17.9 Å². The Morgan fingerprint density at radius 1 is 1.09 bits per heavy atom. The Kier molecular flexibility index (Phi) is 3.98. The topological polar surface area (TPSA) is 47.8 Å². The third-order valence-electron chi connectivity index (χ3n) is 3.26. The van der Waals surface area contributed by atoms with Crippen molar-refractivity contribution in [1.29, 1.82) is 0 Å². The largest absolute Gasteiger partial charge is 0.296 e. The van der Waals surface area contributed by atoms with Crippen molar-refractivity contribution in [2.75, 3.05) is 0 Å². The molecule has 0 aliphatic heterocycles. The van der Waals surface area contributed by atoms with Crippen molar-refractivity contribution in [2.24, 2.45) is 0 Å². The molecule has 0 aliphatic rings. The van der Waals surface area contributed by atoms with Gasteiger partial charge < -0.3 is 0 Å². The van der Waals surface area contributed by atoms with Crippen molar-refractivity contribution in [3.8, 4) is 5.69 Å². The van der Waals surface area contributed by atoms with Crippen LogP contribution in [0.3, 0.4) is 0 Å². The highest BCUT2D eigenvalue weighted by molar-refractivity contribution is 6.30. The number of aldehydes is 1. The molecule has 0 atom stereocenters. The molecule has 0 bridgehead atoms. The van der Waals surface area contributed by atoms with Gasteiger partial charge in [-0.05, 0) is 42.0 Å². The number of carbonyl (C=O) groups is 1. The number of hydrogen-bond donors (Lipinski definition) is 0. The van der Waals surface area contributed by atoms with Crippen LogP contribution in [0.1, 0.15) is 21.7 Å². The van der Waals surface area contributed by atoms with Crippen molar-refractivity contribution < 1.29 is 9.18 Å². The summed E-state index contributed by atoms with van der Waals surface area (Å²) < 4.78 is 14.6. The Hall–Kier alpha value is -2.53. The molecular weight excluding hydrogens is 305 g/mol. The monoisotopic (exact) mass is 315 g/mol. The first-order valence-electron chi connectivity index (χ1n) is 6.57. The molecular formula is C16H11ClFN3O. The molecule has 110 valence electrons. The number of hydrogen-bond acceptors (Lipinski definition) is 3. The second-order valence-corrected chi connectivity index (χ2v) is 5.17. The Morgan fingerprint density at radius 2 is 1.77 bits per heavy atom. The fraction of sp³-hybridized carbons (Fsp3) is 0.0625. The van der Waals surface area contributed by atoms with E-state index in [1.54, 1.807) is 24.3 Å². The molecule has 6 heteroatoms. The third-order valence-corrected chi connectivity index (χ3v) is 3.51. The van der Waals surface area contributed by atoms with E-state index in [1.807, 2.05) is 12.1 Å². The summed E-state index contributed by atoms with van der Waals surface area (Å²) in [6.45, 7) is 0. The maximum atomic E-state index is 13.0. The van der Waals surface area contributed by atoms with Gasteiger partial charge in [0.1, 0.15) is 11.5 Å². The molecule has 1 aromatic heterocycles. The summed E-state index contributed by atoms with van der Waals surface area (Å²) in [5.41, 5.74) is 2.52. The molecule has 3 rings (SSSR count). The Labute approximate surface area is 131 Å². The zero-order valence-electron chi connectivity index (χ0n) is 11.4. The molecule has 0 spiro atoms. The van der Waals surface area contributed by atoms with E-state index in [0.717, 1.165) is 5.56 Å². The molecule has 22 heavy (non-hydrogen) atoms. The van der Waals surface area contributed by atoms with Crippen LogP contribution < -0.4 is 0 Å². The first-order chi connectivity index (χ1) is 10.7. The quantitative estimate of drug-likeness (QED) is 0.693. The van der Waals surface area contributed by atoms with E-state index in [2.05, 4.69) is 10.3 Å². The van der Waals surface area contributed by atoms with Crippen molar-refractivity contribution in [3.63, 3.8) is 0 Å². The van der Waals surface area contributed by atoms with Crippen molar-refractivity contribution in [1.82, 2.24) is 15.0 Å². The van der Waals surface area contributed by atoms with Crippen LogP contribution in [0.5, 0.6) is 0 Å². The lowest BCUT2D eigenvalue weighted by atomic mass is 10.1. The molecule has 0 saturated carbocycles. The lowest BCUT2D eigenvalue weighted by Crippen LogP contribution is -2.04. The minimum atomic E-state index is -0.335. The molecule has 3 aromatic rings. The van der Waals surface area contributed by atoms with E-state index in [0.29, 0.717) is 29.1 Å². The second-order valence-electron chi connectivity index (χ2n) is 4.73. The SMILES string of the molecule is O=Cc1nnn(-c2ccc(F)cc2)c1Cc1ccc(Cl)cc1. The Balaban J connectivity index is 2.01. The van der Waals surface area contributed by atoms with Crippen molar-refractivity contribution in [3.05, 3.63) is 76.3 Å². The predicted octanol–water partition coefficient (Wildman–Crippen LogP) is 3.46. The highest BCUT2D eigenvalue weighted by Gasteiger charge is 2.14. The van der Waals surface area contributed by atoms with Gasteiger partial charge in [-0.3, -0.25) is 4.79 Å². The lowest BCUT2D eigenvalue weighted by molar-refractivity contribution is 0.111. The molecule has 0 saturated heterocycles. The molecule has 4 nitrogen and oxygen atoms in total. The molecule has 0 radical (unpaired) electrons. The highest BCUT2D eigenvalue weighted by atomic mass is 35.5. The number of aromatic nitrogens is 3. The fourth-order valence-electron chi connectivity index (χ4n) is 2.16. The Bertz CT molecular complexity index is 797. The van der Waals surface area contributed by atoms with Gasteiger partial charge in [-0.25, -0.2) is 9.07 Å². The van der Waals surface area contributed by atoms with Crippen LogP contribution in [0.4, 0.5) is 4.39 Å². The number of halogens is 2. The van der Waals surface area contributed by atoms with Crippen LogP contribution in [-0.4, -0.2) is 21.3 Å². The summed E-state index contributed by atoms with van der Waals surface area (Å²) in [5.74, 6) is -0.335. The van der Waals surface area contributed by atoms with Crippen LogP contribution >= 0.6 is 11.6 Å². The standard InChI is InChI=1S/C16H11ClFN3O/c17-12-3-1-11(2-4-12)9-16-15(10-22)19-20-21(16)14-7-5-13(18)6-8-14/h1-8,10H,9H2. The zero-order chi connectivity index (χ0) is 15.5. The molecule has 1 heterocycles. The number of nitrogens with zero attached hydrogens (tertiary/aromatic N) is 3. The number of benzene rings is 2. The molecule has 0 N–H and O–H groups in total. The minimum absolute atomic E-state index is 0.263. The molecule has 0 unspecified atom stereocenters. The van der Waals surface area contributed by atoms with Gasteiger partial charge in [0.2, 0.25) is 0 Å². The van der Waals surface area contributed by atoms with Crippen LogP contribution in [0.15, 0.2) is 48.5 Å². The van der Waals surface area contributed by atoms with Crippen LogP contribution in [-0.2, 0) is 6.42 Å². The van der Waals surface area contributed by atoms with E-state index in [-0.39, 0.29) is 11.5 Å². The minimum Gasteiger partial charge on any atom is -0.296 e. The van der Waals surface area contributed by atoms with Crippen molar-refractivity contribution in [2.45, 2.75) is 6.42 Å². The van der Waals surface area contributed by atoms with E-state index in [9.17, 15) is 9.18 Å². The number of carbonyl (C=O) groups excluding carboxylic acids is 1. The lowest BCUT2D eigenvalue weighted by Gasteiger charge is -2.07. The van der Waals surface area contributed by atoms with E-state index in [4.69, 9.17) is 11.6 Å². The highest BCUT2D eigenvalue weighted by Crippen LogP contribution is 2.18. The van der Waals surface area contributed by atoms with Crippen LogP contribution in [0.25, 0.3) is 5.69 Å². The van der Waals surface area contributed by atoms with Gasteiger partial charge in [0, 0.05) is 11.4 Å². The van der Waals surface area contributed by atoms with Gasteiger partial charge >= 0.3 is 0 Å². The second kappa shape index (κ2) is 6.07. The normalized spacial score (nSPS) is 10.6. The predicted molar refractivity (Wildman–Crippen MR) is 81.0 cm³/mol. The van der Waals surface area contributed by atoms with Crippen LogP contribution in [0, 0.1) is 5.82 Å². The molecule has 0 amide bonds. The van der Waals surface area contributed by atoms with Gasteiger partial charge in [-0.15, -0.1) is 5.10 Å². The molecule has 0 fully saturated rings. The molecule has 0 aliphatic carbocycles. The van der Waals surface area contributed by atoms with Gasteiger partial charge in [0.25, 0.3) is 0 Å². The van der Waals surface area contributed by atoms with E-state index in [1.165, 1.54) is 16.8 Å². The average Bonchev–Trinajstić information content (AvgIpc) is 2.93. The average molecular weight is 316 g/mol. The fourth-order valence-corrected chi connectivity index (χ4v) is 2.28. The number of rotatable bonds is 4. The van der Waals surface area contributed by atoms with Gasteiger partial charge in [-0.2, -0.15) is 0 Å².